The molecule has 0 fully saturated rings. The highest BCUT2D eigenvalue weighted by atomic mass is 35.5. The van der Waals surface area contributed by atoms with Crippen LogP contribution in [0.2, 0.25) is 10.0 Å². The average molecular weight is 645 g/mol. The average Bonchev–Trinajstić information content (AvgIpc) is 3.39. The number of halogens is 2. The van der Waals surface area contributed by atoms with Crippen LogP contribution in [0.15, 0.2) is 76.4 Å². The minimum Gasteiger partial charge on any atom is -0.363 e. The Morgan fingerprint density at radius 3 is 1.91 bits per heavy atom. The Balaban J connectivity index is 1.54. The van der Waals surface area contributed by atoms with E-state index in [9.17, 15) is 14.4 Å². The SMILES string of the molecule is CN(C)c1nc(=O)n(-c2cccc(Cn3c(-n4c(=O)nc(N(C)C)c5ccc(Cl)cc54)cnc3C(N)=O)c2)c2cc(Cl)ccc12. The Morgan fingerprint density at radius 2 is 1.36 bits per heavy atom. The first-order valence-electron chi connectivity index (χ1n) is 13.7. The molecule has 3 heterocycles. The van der Waals surface area contributed by atoms with Crippen LogP contribution in [0.4, 0.5) is 11.6 Å². The number of nitrogens with two attached hydrogens (primary N) is 1. The number of primary amides is 1. The number of nitrogens with zero attached hydrogens (tertiary/aromatic N) is 8. The predicted octanol–water partition coefficient (Wildman–Crippen LogP) is 3.87. The van der Waals surface area contributed by atoms with Crippen molar-refractivity contribution in [3.05, 3.63) is 109 Å². The van der Waals surface area contributed by atoms with Crippen molar-refractivity contribution in [2.24, 2.45) is 5.73 Å². The van der Waals surface area contributed by atoms with E-state index in [4.69, 9.17) is 28.9 Å². The molecular formula is C31H27Cl2N9O3. The third-order valence-corrected chi connectivity index (χ3v) is 7.78. The number of hydrogen-bond donors (Lipinski definition) is 1. The third-order valence-electron chi connectivity index (χ3n) is 7.31. The van der Waals surface area contributed by atoms with Crippen molar-refractivity contribution in [3.8, 4) is 11.5 Å². The highest BCUT2D eigenvalue weighted by Crippen LogP contribution is 2.29. The van der Waals surface area contributed by atoms with Crippen LogP contribution in [0.3, 0.4) is 0 Å². The maximum atomic E-state index is 13.5. The first-order valence-corrected chi connectivity index (χ1v) is 14.4. The second-order valence-electron chi connectivity index (χ2n) is 10.8. The van der Waals surface area contributed by atoms with Gasteiger partial charge < -0.3 is 20.1 Å². The first-order chi connectivity index (χ1) is 21.4. The molecule has 0 radical (unpaired) electrons. The van der Waals surface area contributed by atoms with E-state index in [1.54, 1.807) is 72.4 Å². The summed E-state index contributed by atoms with van der Waals surface area (Å²) in [6, 6.07) is 17.6. The normalized spacial score (nSPS) is 11.3. The van der Waals surface area contributed by atoms with Crippen LogP contribution in [-0.4, -0.2) is 62.8 Å². The number of carbonyl (C=O) groups excluding carboxylic acids is 1. The summed E-state index contributed by atoms with van der Waals surface area (Å²) in [5.74, 6) is 0.380. The standard InChI is InChI=1S/C31H27Cl2N9O3/c1-38(2)27-21-10-8-18(32)13-23(21)41(30(44)36-27)20-7-5-6-17(12-20)16-40-25(15-35-29(40)26(34)43)42-24-14-19(33)9-11-22(24)28(39(3)4)37-31(42)45/h5-15H,16H2,1-4H3,(H2,34,43). The number of anilines is 2. The quantitative estimate of drug-likeness (QED) is 0.277. The van der Waals surface area contributed by atoms with E-state index in [0.717, 1.165) is 5.39 Å². The number of aromatic nitrogens is 6. The Bertz CT molecular complexity index is 2270. The zero-order valence-electron chi connectivity index (χ0n) is 24.7. The number of fused-ring (bicyclic) bond motifs is 2. The zero-order chi connectivity index (χ0) is 32.2. The number of amides is 1. The predicted molar refractivity (Wildman–Crippen MR) is 177 cm³/mol. The minimum atomic E-state index is -0.786. The van der Waals surface area contributed by atoms with Gasteiger partial charge in [-0.25, -0.2) is 19.1 Å². The minimum absolute atomic E-state index is 0.0689. The first kappa shape index (κ1) is 29.9. The van der Waals surface area contributed by atoms with Crippen molar-refractivity contribution in [2.75, 3.05) is 38.0 Å². The fourth-order valence-corrected chi connectivity index (χ4v) is 5.73. The van der Waals surface area contributed by atoms with Gasteiger partial charge in [0.1, 0.15) is 17.5 Å². The van der Waals surface area contributed by atoms with Gasteiger partial charge in [-0.05, 0) is 54.1 Å². The van der Waals surface area contributed by atoms with Crippen LogP contribution in [0.5, 0.6) is 0 Å². The fraction of sp³-hybridized carbons (Fsp3) is 0.161. The monoisotopic (exact) mass is 643 g/mol. The van der Waals surface area contributed by atoms with Crippen molar-refractivity contribution < 1.29 is 4.79 Å². The van der Waals surface area contributed by atoms with E-state index in [-0.39, 0.29) is 18.2 Å². The van der Waals surface area contributed by atoms with Crippen LogP contribution >= 0.6 is 23.2 Å². The molecule has 0 saturated heterocycles. The topological polar surface area (TPSA) is 137 Å². The van der Waals surface area contributed by atoms with Crippen molar-refractivity contribution >= 4 is 62.6 Å². The number of hydrogen-bond acceptors (Lipinski definition) is 8. The molecule has 0 spiro atoms. The molecule has 3 aromatic carbocycles. The van der Waals surface area contributed by atoms with Crippen molar-refractivity contribution in [2.45, 2.75) is 6.54 Å². The van der Waals surface area contributed by atoms with E-state index >= 15 is 0 Å². The smallest absolute Gasteiger partial charge is 0.355 e. The molecule has 2 N–H and O–H groups in total. The molecule has 0 atom stereocenters. The van der Waals surface area contributed by atoms with E-state index in [1.165, 1.54) is 19.9 Å². The summed E-state index contributed by atoms with van der Waals surface area (Å²) >= 11 is 12.7. The Morgan fingerprint density at radius 1 is 0.800 bits per heavy atom. The lowest BCUT2D eigenvalue weighted by atomic mass is 10.1. The van der Waals surface area contributed by atoms with E-state index in [0.29, 0.717) is 49.4 Å². The van der Waals surface area contributed by atoms with Crippen LogP contribution in [0, 0.1) is 0 Å². The van der Waals surface area contributed by atoms with Gasteiger partial charge in [0.2, 0.25) is 5.82 Å². The number of rotatable bonds is 7. The zero-order valence-corrected chi connectivity index (χ0v) is 26.2. The van der Waals surface area contributed by atoms with Crippen molar-refractivity contribution in [1.29, 1.82) is 0 Å². The van der Waals surface area contributed by atoms with Gasteiger partial charge in [-0.15, -0.1) is 0 Å². The Hall–Kier alpha value is -5.20. The molecular weight excluding hydrogens is 617 g/mol. The highest BCUT2D eigenvalue weighted by molar-refractivity contribution is 6.31. The lowest BCUT2D eigenvalue weighted by Crippen LogP contribution is -2.28. The molecule has 0 unspecified atom stereocenters. The van der Waals surface area contributed by atoms with E-state index < -0.39 is 17.3 Å². The van der Waals surface area contributed by atoms with Gasteiger partial charge in [0.05, 0.1) is 29.5 Å². The van der Waals surface area contributed by atoms with Gasteiger partial charge in [-0.1, -0.05) is 35.3 Å². The molecule has 0 aliphatic heterocycles. The molecule has 6 rings (SSSR count). The number of imidazole rings is 1. The molecule has 228 valence electrons. The molecule has 12 nitrogen and oxygen atoms in total. The van der Waals surface area contributed by atoms with Crippen LogP contribution in [0.1, 0.15) is 16.2 Å². The van der Waals surface area contributed by atoms with Crippen LogP contribution in [0.25, 0.3) is 33.3 Å². The van der Waals surface area contributed by atoms with Gasteiger partial charge in [0.25, 0.3) is 5.91 Å². The van der Waals surface area contributed by atoms with Crippen molar-refractivity contribution in [3.63, 3.8) is 0 Å². The van der Waals surface area contributed by atoms with Gasteiger partial charge in [-0.2, -0.15) is 9.97 Å². The molecule has 45 heavy (non-hydrogen) atoms. The molecule has 0 bridgehead atoms. The number of carbonyl (C=O) groups is 1. The van der Waals surface area contributed by atoms with Gasteiger partial charge in [-0.3, -0.25) is 9.36 Å². The number of benzene rings is 3. The summed E-state index contributed by atoms with van der Waals surface area (Å²) in [4.78, 5) is 55.8. The Kier molecular flexibility index (Phi) is 7.55. The summed E-state index contributed by atoms with van der Waals surface area (Å²) < 4.78 is 4.36. The fourth-order valence-electron chi connectivity index (χ4n) is 5.39. The molecule has 0 aliphatic carbocycles. The summed E-state index contributed by atoms with van der Waals surface area (Å²) in [5, 5.41) is 2.27. The summed E-state index contributed by atoms with van der Waals surface area (Å²) in [6.07, 6.45) is 1.40. The molecule has 3 aromatic heterocycles. The van der Waals surface area contributed by atoms with Gasteiger partial charge in [0, 0.05) is 49.0 Å². The van der Waals surface area contributed by atoms with E-state index in [2.05, 4.69) is 15.0 Å². The summed E-state index contributed by atoms with van der Waals surface area (Å²) in [6.45, 7) is 0.0715. The Labute approximate surface area is 266 Å². The summed E-state index contributed by atoms with van der Waals surface area (Å²) in [5.41, 5.74) is 6.90. The maximum Gasteiger partial charge on any atom is 0.355 e. The van der Waals surface area contributed by atoms with Crippen molar-refractivity contribution in [1.82, 2.24) is 28.7 Å². The molecule has 1 amide bonds. The van der Waals surface area contributed by atoms with Crippen LogP contribution in [-0.2, 0) is 6.54 Å². The van der Waals surface area contributed by atoms with Gasteiger partial charge in [0.15, 0.2) is 0 Å². The van der Waals surface area contributed by atoms with Gasteiger partial charge >= 0.3 is 11.4 Å². The lowest BCUT2D eigenvalue weighted by Gasteiger charge is -2.19. The second kappa shape index (κ2) is 11.4. The molecule has 0 aliphatic rings. The third kappa shape index (κ3) is 5.28. The maximum absolute atomic E-state index is 13.5. The van der Waals surface area contributed by atoms with Crippen LogP contribution < -0.4 is 26.9 Å². The highest BCUT2D eigenvalue weighted by Gasteiger charge is 2.22. The molecule has 0 saturated carbocycles. The summed E-state index contributed by atoms with van der Waals surface area (Å²) in [7, 11) is 7.20. The van der Waals surface area contributed by atoms with E-state index in [1.807, 2.05) is 26.2 Å². The molecule has 6 aromatic rings. The second-order valence-corrected chi connectivity index (χ2v) is 11.7. The lowest BCUT2D eigenvalue weighted by molar-refractivity contribution is 0.0986. The molecule has 14 heteroatoms. The largest absolute Gasteiger partial charge is 0.363 e.